The topological polar surface area (TPSA) is 523 Å². The van der Waals surface area contributed by atoms with Crippen molar-refractivity contribution in [2.45, 2.75) is 89.9 Å². The molecule has 0 saturated carbocycles. The number of hydrogen-bond acceptors (Lipinski definition) is 32. The van der Waals surface area contributed by atoms with E-state index in [4.69, 9.17) is 23.9 Å². The number of carbonyl (C=O) groups excluding carboxylic acids is 6. The molecule has 2 aromatic heterocycles. The van der Waals surface area contributed by atoms with Crippen molar-refractivity contribution in [3.63, 3.8) is 0 Å². The number of amides is 2. The van der Waals surface area contributed by atoms with E-state index in [2.05, 4.69) is 35.9 Å². The van der Waals surface area contributed by atoms with Gasteiger partial charge in [0.2, 0.25) is 11.8 Å². The Labute approximate surface area is 791 Å². The van der Waals surface area contributed by atoms with Crippen molar-refractivity contribution >= 4 is 127 Å². The second-order valence-corrected chi connectivity index (χ2v) is 27.5. The number of aromatic nitrogens is 2. The second-order valence-electron chi connectivity index (χ2n) is 27.5. The Morgan fingerprint density at radius 1 is 0.364 bits per heavy atom. The van der Waals surface area contributed by atoms with Crippen molar-refractivity contribution in [1.82, 2.24) is 54.3 Å². The first-order valence-electron chi connectivity index (χ1n) is 39.1. The third-order valence-corrected chi connectivity index (χ3v) is 19.2. The van der Waals surface area contributed by atoms with Gasteiger partial charge in [-0.2, -0.15) is 0 Å². The molecule has 39 nitrogen and oxygen atoms in total. The molecule has 0 fully saturated rings. The summed E-state index contributed by atoms with van der Waals surface area (Å²) in [5.74, 6) is -8.87. The SMILES string of the molecule is COC(=O)CCN(CCN=C([O-])CCN(CCN=C([O-])CCN(CCNc1ccc2c3c1cccc3c(=O)n1c3ccccc3nc21)CCC([O-])=NCCN(CCC(=O)NCCN(CCC(=O)O)CCC(=O)OC)CCC(=O)NCCN(CCC(=O)O)CCC(=O)OC)CCC([O-])=NCCN(CCC(=O)O)CCC(=O)OC)CCC(=O)O.[Na+].[Na+].[Na+].[Na+]. The van der Waals surface area contributed by atoms with Crippen LogP contribution in [0.25, 0.3) is 38.2 Å². The van der Waals surface area contributed by atoms with E-state index in [1.54, 1.807) is 45.9 Å². The summed E-state index contributed by atoms with van der Waals surface area (Å²) in [6.07, 6.45) is -1.39. The molecule has 0 aliphatic carbocycles. The van der Waals surface area contributed by atoms with Gasteiger partial charge in [0.15, 0.2) is 0 Å². The summed E-state index contributed by atoms with van der Waals surface area (Å²) in [6, 6.07) is 16.7. The normalized spacial score (nSPS) is 12.0. The molecule has 0 aliphatic heterocycles. The summed E-state index contributed by atoms with van der Waals surface area (Å²) in [4.78, 5) is 168. The average molecular weight is 1730 g/mol. The number of imidazole rings is 1. The van der Waals surface area contributed by atoms with Crippen LogP contribution in [-0.4, -0.2) is 359 Å². The van der Waals surface area contributed by atoms with Gasteiger partial charge in [0, 0.05) is 197 Å². The Balaban J connectivity index is 0.0000183. The van der Waals surface area contributed by atoms with Crippen molar-refractivity contribution in [3.05, 3.63) is 65.0 Å². The van der Waals surface area contributed by atoms with Gasteiger partial charge in [-0.15, -0.1) is 0 Å². The number of carboxylic acid groups (broad SMARTS) is 4. The summed E-state index contributed by atoms with van der Waals surface area (Å²) in [5, 5.41) is 103. The molecular weight excluding hydrogens is 1620 g/mol. The van der Waals surface area contributed by atoms with E-state index in [1.165, 1.54) is 28.4 Å². The number of ether oxygens (including phenoxy) is 4. The van der Waals surface area contributed by atoms with Crippen molar-refractivity contribution in [2.24, 2.45) is 20.0 Å². The van der Waals surface area contributed by atoms with Crippen LogP contribution in [-0.2, 0) is 66.9 Å². The third-order valence-electron chi connectivity index (χ3n) is 19.2. The van der Waals surface area contributed by atoms with Crippen LogP contribution in [0.4, 0.5) is 5.69 Å². The van der Waals surface area contributed by atoms with Crippen LogP contribution in [0.5, 0.6) is 0 Å². The predicted molar refractivity (Wildman–Crippen MR) is 427 cm³/mol. The number of carboxylic acids is 4. The Kier molecular flexibility index (Phi) is 59.3. The Morgan fingerprint density at radius 2 is 0.669 bits per heavy atom. The molecule has 0 saturated heterocycles. The number of carbonyl (C=O) groups is 10. The number of benzene rings is 3. The molecule has 43 heteroatoms. The third kappa shape index (κ3) is 45.6. The van der Waals surface area contributed by atoms with Gasteiger partial charge in [-0.1, -0.05) is 24.3 Å². The van der Waals surface area contributed by atoms with Gasteiger partial charge in [-0.3, -0.25) is 57.1 Å². The van der Waals surface area contributed by atoms with Crippen molar-refractivity contribution in [3.8, 4) is 0 Å². The fraction of sp³-hybridized carbons (Fsp3) is 0.590. The van der Waals surface area contributed by atoms with E-state index < -0.39 is 71.3 Å². The van der Waals surface area contributed by atoms with Crippen LogP contribution < -0.4 is 160 Å². The zero-order chi connectivity index (χ0) is 85.4. The molecule has 0 radical (unpaired) electrons. The fourth-order valence-electron chi connectivity index (χ4n) is 12.6. The van der Waals surface area contributed by atoms with Crippen LogP contribution in [0.2, 0.25) is 0 Å². The summed E-state index contributed by atoms with van der Waals surface area (Å²) in [6.45, 7) is 3.51. The number of rotatable bonds is 64. The standard InChI is InChI=1S/C78H116N16O23.4Na/c1-114-72(109)24-45-90(41-20-68(101)102)52-31-82-64(97)16-37-88(38-17-65(98)83-32-53-91(42-21-69(103)104)46-25-73(110)115-2)50-29-80-62(95)14-35-87(49-28-79-59-13-12-57-76-56(59)8-7-9-58(76)78(113)94-61-11-6-5-10-60(61)86-77(57)94)36-15-63(96)81-30-51-89(39-18-66(99)84-33-54-92(43-22-70(105)106)47-26-74(111)116-3)40-19-67(100)85-34-55-93(44-23-71(107)108)48-27-75(112)117-4;;;;/h5-13,79H,14-55H2,1-4H3,(H,80,95)(H,81,96)(H,82,97)(H,83,98)(H,84,99)(H,85,100)(H,101,102)(H,103,104)(H,105,106)(H,107,108);;;;/q;4*+1/p-4. The molecule has 5 aromatic rings. The minimum absolute atomic E-state index is 0. The molecule has 0 aliphatic rings. The van der Waals surface area contributed by atoms with Gasteiger partial charge >= 0.3 is 166 Å². The van der Waals surface area contributed by atoms with E-state index >= 15 is 0 Å². The summed E-state index contributed by atoms with van der Waals surface area (Å²) in [7, 11) is 4.95. The maximum Gasteiger partial charge on any atom is 1.00 e. The molecule has 0 bridgehead atoms. The smallest absolute Gasteiger partial charge is 0.862 e. The van der Waals surface area contributed by atoms with Crippen LogP contribution in [0, 0.1) is 0 Å². The number of aliphatic imine (C=N–C) groups is 4. The van der Waals surface area contributed by atoms with Crippen LogP contribution in [0.3, 0.4) is 0 Å². The maximum atomic E-state index is 14.2. The quantitative estimate of drug-likeness (QED) is 0.00625. The molecule has 0 unspecified atom stereocenters. The van der Waals surface area contributed by atoms with E-state index in [1.807, 2.05) is 47.4 Å². The molecule has 121 heavy (non-hydrogen) atoms. The number of para-hydroxylation sites is 2. The number of aliphatic carboxylic acids is 4. The predicted octanol–water partition coefficient (Wildman–Crippen LogP) is -14.1. The minimum atomic E-state index is -1.05. The average Bonchev–Trinajstić information content (AvgIpc) is 1.62. The van der Waals surface area contributed by atoms with Crippen LogP contribution in [0.1, 0.15) is 89.9 Å². The molecule has 646 valence electrons. The molecule has 7 N–H and O–H groups in total. The van der Waals surface area contributed by atoms with E-state index in [9.17, 15) is 93.6 Å². The summed E-state index contributed by atoms with van der Waals surface area (Å²) >= 11 is 0. The van der Waals surface area contributed by atoms with Gasteiger partial charge in [0.05, 0.1) is 117 Å². The molecule has 0 spiro atoms. The number of pyridine rings is 1. The van der Waals surface area contributed by atoms with Gasteiger partial charge < -0.3 is 130 Å². The van der Waals surface area contributed by atoms with Crippen molar-refractivity contribution in [1.29, 1.82) is 0 Å². The number of nitrogens with zero attached hydrogens (tertiary/aromatic N) is 13. The number of methoxy groups -OCH3 is 4. The van der Waals surface area contributed by atoms with E-state index in [-0.39, 0.29) is 409 Å². The number of esters is 4. The van der Waals surface area contributed by atoms with Crippen LogP contribution in [0.15, 0.2) is 79.4 Å². The first kappa shape index (κ1) is 112. The monoisotopic (exact) mass is 1730 g/mol. The maximum absolute atomic E-state index is 14.2. The van der Waals surface area contributed by atoms with Gasteiger partial charge in [-0.25, -0.2) is 4.98 Å². The zero-order valence-electron chi connectivity index (χ0n) is 71.3. The second kappa shape index (κ2) is 64.0. The zero-order valence-corrected chi connectivity index (χ0v) is 79.3. The van der Waals surface area contributed by atoms with E-state index in [0.717, 1.165) is 16.2 Å². The number of hydrogen-bond donors (Lipinski definition) is 7. The molecule has 3 aromatic carbocycles. The van der Waals surface area contributed by atoms with Gasteiger partial charge in [0.1, 0.15) is 5.65 Å². The van der Waals surface area contributed by atoms with Crippen LogP contribution >= 0.6 is 0 Å². The largest absolute Gasteiger partial charge is 1.00 e. The first-order chi connectivity index (χ1) is 56.2. The van der Waals surface area contributed by atoms with E-state index in [0.29, 0.717) is 27.8 Å². The fourth-order valence-corrected chi connectivity index (χ4v) is 12.6. The minimum Gasteiger partial charge on any atom is -0.862 e. The molecule has 5 rings (SSSR count). The Hall–Kier alpha value is -6.84. The molecule has 0 atom stereocenters. The van der Waals surface area contributed by atoms with Crippen molar-refractivity contribution in [2.75, 3.05) is 217 Å². The van der Waals surface area contributed by atoms with Gasteiger partial charge in [0.25, 0.3) is 5.56 Å². The molecular formula is C78H112N16Na4O23. The van der Waals surface area contributed by atoms with Crippen molar-refractivity contribution < 1.29 is 226 Å². The Morgan fingerprint density at radius 3 is 1.02 bits per heavy atom. The summed E-state index contributed by atoms with van der Waals surface area (Å²) in [5.41, 5.74) is 2.34. The number of anilines is 1. The molecule has 2 amide bonds. The number of fused-ring (bicyclic) bond motifs is 4. The molecule has 2 heterocycles. The first-order valence-corrected chi connectivity index (χ1v) is 39.1. The number of nitrogens with one attached hydrogen (secondary N) is 3. The Bertz CT molecular complexity index is 4090. The summed E-state index contributed by atoms with van der Waals surface area (Å²) < 4.78 is 20.5. The van der Waals surface area contributed by atoms with Gasteiger partial charge in [-0.05, 0) is 79.6 Å².